The van der Waals surface area contributed by atoms with E-state index in [2.05, 4.69) is 11.4 Å². The summed E-state index contributed by atoms with van der Waals surface area (Å²) in [6.45, 7) is 2.89. The van der Waals surface area contributed by atoms with Gasteiger partial charge in [0.2, 0.25) is 11.8 Å². The lowest BCUT2D eigenvalue weighted by molar-refractivity contribution is -0.140. The van der Waals surface area contributed by atoms with E-state index in [0.717, 1.165) is 37.9 Å². The van der Waals surface area contributed by atoms with Gasteiger partial charge in [0, 0.05) is 43.1 Å². The van der Waals surface area contributed by atoms with E-state index in [1.165, 1.54) is 10.4 Å². The molecule has 2 aliphatic heterocycles. The summed E-state index contributed by atoms with van der Waals surface area (Å²) < 4.78 is 0. The number of hydrogen-bond acceptors (Lipinski definition) is 3. The fraction of sp³-hybridized carbons (Fsp3) is 0.364. The van der Waals surface area contributed by atoms with E-state index in [1.54, 1.807) is 17.4 Å². The number of thiophene rings is 1. The maximum absolute atomic E-state index is 12.9. The molecule has 1 saturated heterocycles. The van der Waals surface area contributed by atoms with Crippen molar-refractivity contribution < 1.29 is 9.59 Å². The van der Waals surface area contributed by atoms with Crippen LogP contribution in [0.1, 0.15) is 28.8 Å². The van der Waals surface area contributed by atoms with Gasteiger partial charge in [-0.1, -0.05) is 30.3 Å². The van der Waals surface area contributed by atoms with Crippen LogP contribution in [-0.2, 0) is 22.6 Å². The Bertz CT molecular complexity index is 835. The van der Waals surface area contributed by atoms with Crippen LogP contribution in [0.5, 0.6) is 0 Å². The molecule has 1 aromatic carbocycles. The van der Waals surface area contributed by atoms with Crippen LogP contribution in [0, 0.1) is 5.92 Å². The SMILES string of the molecule is O=C(/C=C/c1ccccc1)N1CCC(C(=O)N2CCc3sccc3C2)CC1. The summed E-state index contributed by atoms with van der Waals surface area (Å²) in [5.74, 6) is 0.344. The van der Waals surface area contributed by atoms with Crippen LogP contribution in [-0.4, -0.2) is 41.2 Å². The number of fused-ring (bicyclic) bond motifs is 1. The standard InChI is InChI=1S/C22H24N2O2S/c25-21(7-6-17-4-2-1-3-5-17)23-12-8-18(9-13-23)22(26)24-14-10-20-19(16-24)11-15-27-20/h1-7,11,15,18H,8-10,12-14,16H2/b7-6+. The first-order valence-electron chi connectivity index (χ1n) is 9.57. The Morgan fingerprint density at radius 1 is 1.00 bits per heavy atom. The summed E-state index contributed by atoms with van der Waals surface area (Å²) in [6, 6.07) is 12.0. The van der Waals surface area contributed by atoms with Crippen LogP contribution in [0.4, 0.5) is 0 Å². The fourth-order valence-corrected chi connectivity index (χ4v) is 4.77. The number of piperidine rings is 1. The molecule has 3 heterocycles. The van der Waals surface area contributed by atoms with Gasteiger partial charge >= 0.3 is 0 Å². The van der Waals surface area contributed by atoms with Crippen molar-refractivity contribution in [2.24, 2.45) is 5.92 Å². The molecular weight excluding hydrogens is 356 g/mol. The molecule has 0 atom stereocenters. The van der Waals surface area contributed by atoms with Crippen LogP contribution >= 0.6 is 11.3 Å². The Balaban J connectivity index is 1.29. The minimum absolute atomic E-state index is 0.0330. The van der Waals surface area contributed by atoms with Crippen molar-refractivity contribution in [3.63, 3.8) is 0 Å². The zero-order valence-electron chi connectivity index (χ0n) is 15.3. The summed E-state index contributed by atoms with van der Waals surface area (Å²) in [6.07, 6.45) is 5.99. The lowest BCUT2D eigenvalue weighted by Gasteiger charge is -2.35. The molecule has 2 aliphatic rings. The van der Waals surface area contributed by atoms with Gasteiger partial charge in [0.25, 0.3) is 0 Å². The minimum atomic E-state index is 0.0330. The van der Waals surface area contributed by atoms with Crippen molar-refractivity contribution in [1.82, 2.24) is 9.80 Å². The van der Waals surface area contributed by atoms with E-state index in [0.29, 0.717) is 13.1 Å². The maximum atomic E-state index is 12.9. The van der Waals surface area contributed by atoms with Crippen molar-refractivity contribution in [3.05, 3.63) is 63.9 Å². The molecule has 27 heavy (non-hydrogen) atoms. The second kappa shape index (κ2) is 8.09. The summed E-state index contributed by atoms with van der Waals surface area (Å²) in [5.41, 5.74) is 2.33. The third-order valence-corrected chi connectivity index (χ3v) is 6.52. The second-order valence-electron chi connectivity index (χ2n) is 7.22. The Kier molecular flexibility index (Phi) is 5.39. The van der Waals surface area contributed by atoms with Gasteiger partial charge in [0.05, 0.1) is 0 Å². The third-order valence-electron chi connectivity index (χ3n) is 5.49. The van der Waals surface area contributed by atoms with Crippen LogP contribution in [0.2, 0.25) is 0 Å². The summed E-state index contributed by atoms with van der Waals surface area (Å²) in [5, 5.41) is 2.12. The zero-order chi connectivity index (χ0) is 18.6. The number of rotatable bonds is 3. The molecule has 0 aliphatic carbocycles. The summed E-state index contributed by atoms with van der Waals surface area (Å²) >= 11 is 1.79. The van der Waals surface area contributed by atoms with E-state index >= 15 is 0 Å². The molecule has 2 amide bonds. The van der Waals surface area contributed by atoms with E-state index in [4.69, 9.17) is 0 Å². The van der Waals surface area contributed by atoms with Crippen molar-refractivity contribution in [2.75, 3.05) is 19.6 Å². The van der Waals surface area contributed by atoms with Gasteiger partial charge in [-0.2, -0.15) is 0 Å². The molecule has 0 bridgehead atoms. The van der Waals surface area contributed by atoms with Crippen molar-refractivity contribution in [3.8, 4) is 0 Å². The highest BCUT2D eigenvalue weighted by Crippen LogP contribution is 2.27. The average Bonchev–Trinajstić information content (AvgIpc) is 3.20. The van der Waals surface area contributed by atoms with Crippen LogP contribution in [0.3, 0.4) is 0 Å². The molecule has 0 N–H and O–H groups in total. The topological polar surface area (TPSA) is 40.6 Å². The zero-order valence-corrected chi connectivity index (χ0v) is 16.2. The second-order valence-corrected chi connectivity index (χ2v) is 8.22. The molecular formula is C22H24N2O2S. The van der Waals surface area contributed by atoms with Crippen LogP contribution < -0.4 is 0 Å². The molecule has 2 aromatic rings. The number of nitrogens with zero attached hydrogens (tertiary/aromatic N) is 2. The first kappa shape index (κ1) is 18.0. The first-order chi connectivity index (χ1) is 13.2. The van der Waals surface area contributed by atoms with E-state index < -0.39 is 0 Å². The predicted octanol–water partition coefficient (Wildman–Crippen LogP) is 3.58. The molecule has 1 aromatic heterocycles. The van der Waals surface area contributed by atoms with Crippen molar-refractivity contribution in [2.45, 2.75) is 25.8 Å². The lowest BCUT2D eigenvalue weighted by Crippen LogP contribution is -2.45. The smallest absolute Gasteiger partial charge is 0.246 e. The summed E-state index contributed by atoms with van der Waals surface area (Å²) in [7, 11) is 0. The number of amides is 2. The molecule has 140 valence electrons. The molecule has 0 radical (unpaired) electrons. The quantitative estimate of drug-likeness (QED) is 0.764. The number of benzene rings is 1. The molecule has 0 unspecified atom stereocenters. The van der Waals surface area contributed by atoms with Crippen LogP contribution in [0.15, 0.2) is 47.9 Å². The predicted molar refractivity (Wildman–Crippen MR) is 108 cm³/mol. The third kappa shape index (κ3) is 4.14. The Hall–Kier alpha value is -2.40. The van der Waals surface area contributed by atoms with Gasteiger partial charge in [-0.3, -0.25) is 9.59 Å². The molecule has 0 spiro atoms. The highest BCUT2D eigenvalue weighted by atomic mass is 32.1. The van der Waals surface area contributed by atoms with Gasteiger partial charge in [-0.15, -0.1) is 11.3 Å². The normalized spacial score (nSPS) is 17.9. The van der Waals surface area contributed by atoms with Gasteiger partial charge in [0.15, 0.2) is 0 Å². The summed E-state index contributed by atoms with van der Waals surface area (Å²) in [4.78, 5) is 30.6. The number of carbonyl (C=O) groups excluding carboxylic acids is 2. The Labute approximate surface area is 164 Å². The lowest BCUT2D eigenvalue weighted by atomic mass is 9.94. The highest BCUT2D eigenvalue weighted by molar-refractivity contribution is 7.10. The maximum Gasteiger partial charge on any atom is 0.246 e. The van der Waals surface area contributed by atoms with Crippen LogP contribution in [0.25, 0.3) is 6.08 Å². The van der Waals surface area contributed by atoms with Crippen molar-refractivity contribution in [1.29, 1.82) is 0 Å². The molecule has 1 fully saturated rings. The molecule has 5 heteroatoms. The first-order valence-corrected chi connectivity index (χ1v) is 10.4. The average molecular weight is 381 g/mol. The van der Waals surface area contributed by atoms with Gasteiger partial charge in [-0.05, 0) is 47.9 Å². The molecule has 4 nitrogen and oxygen atoms in total. The van der Waals surface area contributed by atoms with Gasteiger partial charge in [-0.25, -0.2) is 0 Å². The van der Waals surface area contributed by atoms with Gasteiger partial charge < -0.3 is 9.80 Å². The fourth-order valence-electron chi connectivity index (χ4n) is 3.88. The molecule has 0 saturated carbocycles. The number of carbonyl (C=O) groups is 2. The number of hydrogen-bond donors (Lipinski definition) is 0. The Morgan fingerprint density at radius 3 is 2.56 bits per heavy atom. The monoisotopic (exact) mass is 380 g/mol. The van der Waals surface area contributed by atoms with E-state index in [9.17, 15) is 9.59 Å². The minimum Gasteiger partial charge on any atom is -0.339 e. The van der Waals surface area contributed by atoms with E-state index in [1.807, 2.05) is 46.2 Å². The highest BCUT2D eigenvalue weighted by Gasteiger charge is 2.31. The Morgan fingerprint density at radius 2 is 1.78 bits per heavy atom. The van der Waals surface area contributed by atoms with Crippen molar-refractivity contribution >= 4 is 29.2 Å². The molecule has 4 rings (SSSR count). The largest absolute Gasteiger partial charge is 0.339 e. The van der Waals surface area contributed by atoms with E-state index in [-0.39, 0.29) is 17.7 Å². The number of likely N-dealkylation sites (tertiary alicyclic amines) is 1. The van der Waals surface area contributed by atoms with Gasteiger partial charge in [0.1, 0.15) is 0 Å².